The van der Waals surface area contributed by atoms with Crippen LogP contribution in [0.25, 0.3) is 0 Å². The van der Waals surface area contributed by atoms with E-state index in [9.17, 15) is 16.8 Å². The fourth-order valence-electron chi connectivity index (χ4n) is 2.35. The van der Waals surface area contributed by atoms with Gasteiger partial charge in [-0.3, -0.25) is 0 Å². The van der Waals surface area contributed by atoms with E-state index in [-0.39, 0.29) is 15.9 Å². The standard InChI is InChI=1S/C12H18N2O5S2/c1-19-10-6-8-14(9-7-10)21(17,18)12-5-3-2-4-11(12)20(13,15)16/h2-5,10H,6-9H2,1H3,(H2,13,15,16). The Morgan fingerprint density at radius 1 is 1.10 bits per heavy atom. The minimum Gasteiger partial charge on any atom is -0.381 e. The number of sulfonamides is 2. The van der Waals surface area contributed by atoms with E-state index in [0.29, 0.717) is 25.9 Å². The summed E-state index contributed by atoms with van der Waals surface area (Å²) in [4.78, 5) is -0.651. The lowest BCUT2D eigenvalue weighted by Crippen LogP contribution is -2.41. The van der Waals surface area contributed by atoms with E-state index < -0.39 is 20.0 Å². The average Bonchev–Trinajstić information content (AvgIpc) is 2.46. The second-order valence-corrected chi connectivity index (χ2v) is 8.27. The third kappa shape index (κ3) is 3.43. The molecule has 2 rings (SSSR count). The van der Waals surface area contributed by atoms with Crippen molar-refractivity contribution in [3.05, 3.63) is 24.3 Å². The molecule has 9 heteroatoms. The van der Waals surface area contributed by atoms with Crippen LogP contribution in [0.15, 0.2) is 34.1 Å². The van der Waals surface area contributed by atoms with Crippen LogP contribution in [0, 0.1) is 0 Å². The van der Waals surface area contributed by atoms with E-state index in [1.807, 2.05) is 0 Å². The summed E-state index contributed by atoms with van der Waals surface area (Å²) in [5.74, 6) is 0. The highest BCUT2D eigenvalue weighted by Crippen LogP contribution is 2.26. The lowest BCUT2D eigenvalue weighted by Gasteiger charge is -2.30. The molecule has 0 aliphatic carbocycles. The van der Waals surface area contributed by atoms with Crippen LogP contribution in [0.3, 0.4) is 0 Å². The van der Waals surface area contributed by atoms with E-state index in [1.165, 1.54) is 28.6 Å². The summed E-state index contributed by atoms with van der Waals surface area (Å²) in [5, 5.41) is 5.10. The molecular formula is C12H18N2O5S2. The van der Waals surface area contributed by atoms with Crippen LogP contribution in [0.1, 0.15) is 12.8 Å². The minimum absolute atomic E-state index is 0.0323. The Balaban J connectivity index is 2.38. The first-order chi connectivity index (χ1) is 9.76. The molecule has 118 valence electrons. The molecule has 0 unspecified atom stereocenters. The van der Waals surface area contributed by atoms with Gasteiger partial charge < -0.3 is 4.74 Å². The molecule has 1 aromatic rings. The summed E-state index contributed by atoms with van der Waals surface area (Å²) < 4.78 is 54.8. The monoisotopic (exact) mass is 334 g/mol. The Morgan fingerprint density at radius 3 is 2.10 bits per heavy atom. The highest BCUT2D eigenvalue weighted by molar-refractivity contribution is 7.92. The van der Waals surface area contributed by atoms with Gasteiger partial charge in [0.15, 0.2) is 0 Å². The molecule has 1 fully saturated rings. The molecule has 0 saturated carbocycles. The first kappa shape index (κ1) is 16.4. The Morgan fingerprint density at radius 2 is 1.62 bits per heavy atom. The fraction of sp³-hybridized carbons (Fsp3) is 0.500. The summed E-state index contributed by atoms with van der Waals surface area (Å²) in [6.07, 6.45) is 1.19. The molecule has 1 aliphatic heterocycles. The van der Waals surface area contributed by atoms with Crippen LogP contribution in [0.5, 0.6) is 0 Å². The molecule has 0 atom stereocenters. The van der Waals surface area contributed by atoms with Gasteiger partial charge in [0.05, 0.1) is 6.10 Å². The molecule has 0 aromatic heterocycles. The first-order valence-corrected chi connectivity index (χ1v) is 9.40. The molecule has 0 radical (unpaired) electrons. The van der Waals surface area contributed by atoms with Crippen molar-refractivity contribution in [3.8, 4) is 0 Å². The van der Waals surface area contributed by atoms with Gasteiger partial charge in [0, 0.05) is 20.2 Å². The van der Waals surface area contributed by atoms with Crippen LogP contribution in [0.4, 0.5) is 0 Å². The molecule has 0 bridgehead atoms. The number of methoxy groups -OCH3 is 1. The third-order valence-electron chi connectivity index (χ3n) is 3.51. The van der Waals surface area contributed by atoms with Gasteiger partial charge in [-0.1, -0.05) is 12.1 Å². The van der Waals surface area contributed by atoms with Crippen LogP contribution in [-0.2, 0) is 24.8 Å². The predicted octanol–water partition coefficient (Wildman–Crippen LogP) is 0.134. The largest absolute Gasteiger partial charge is 0.381 e. The van der Waals surface area contributed by atoms with Gasteiger partial charge in [-0.05, 0) is 25.0 Å². The minimum atomic E-state index is -4.10. The van der Waals surface area contributed by atoms with Gasteiger partial charge in [0.2, 0.25) is 20.0 Å². The predicted molar refractivity (Wildman–Crippen MR) is 76.6 cm³/mol. The van der Waals surface area contributed by atoms with E-state index >= 15 is 0 Å². The highest BCUT2D eigenvalue weighted by Gasteiger charge is 2.32. The zero-order chi connectivity index (χ0) is 15.7. The molecule has 21 heavy (non-hydrogen) atoms. The number of nitrogens with zero attached hydrogens (tertiary/aromatic N) is 1. The zero-order valence-electron chi connectivity index (χ0n) is 11.6. The van der Waals surface area contributed by atoms with Gasteiger partial charge in [0.25, 0.3) is 0 Å². The second kappa shape index (κ2) is 6.01. The van der Waals surface area contributed by atoms with Crippen molar-refractivity contribution < 1.29 is 21.6 Å². The summed E-state index contributed by atoms with van der Waals surface area (Å²) in [6.45, 7) is 0.583. The van der Waals surface area contributed by atoms with Gasteiger partial charge >= 0.3 is 0 Å². The molecule has 1 aromatic carbocycles. The van der Waals surface area contributed by atoms with E-state index in [4.69, 9.17) is 9.88 Å². The number of hydrogen-bond donors (Lipinski definition) is 1. The Labute approximate surface area is 124 Å². The van der Waals surface area contributed by atoms with Crippen LogP contribution < -0.4 is 5.14 Å². The van der Waals surface area contributed by atoms with Crippen molar-refractivity contribution >= 4 is 20.0 Å². The topological polar surface area (TPSA) is 107 Å². The van der Waals surface area contributed by atoms with E-state index in [1.54, 1.807) is 7.11 Å². The smallest absolute Gasteiger partial charge is 0.244 e. The molecule has 1 heterocycles. The molecule has 1 aliphatic rings. The molecule has 1 saturated heterocycles. The average molecular weight is 334 g/mol. The zero-order valence-corrected chi connectivity index (χ0v) is 13.2. The number of rotatable bonds is 4. The maximum absolute atomic E-state index is 12.6. The number of hydrogen-bond acceptors (Lipinski definition) is 5. The third-order valence-corrected chi connectivity index (χ3v) is 6.56. The second-order valence-electron chi connectivity index (χ2n) is 4.83. The molecule has 0 amide bonds. The maximum atomic E-state index is 12.6. The number of piperidine rings is 1. The summed E-state index contributed by atoms with van der Waals surface area (Å²) in [5.41, 5.74) is 0. The first-order valence-electron chi connectivity index (χ1n) is 6.41. The normalized spacial score (nSPS) is 18.8. The molecule has 2 N–H and O–H groups in total. The Kier molecular flexibility index (Phi) is 4.69. The quantitative estimate of drug-likeness (QED) is 0.842. The summed E-state index contributed by atoms with van der Waals surface area (Å²) >= 11 is 0. The summed E-state index contributed by atoms with van der Waals surface area (Å²) in [7, 11) is -6.40. The lowest BCUT2D eigenvalue weighted by atomic mass is 10.1. The van der Waals surface area contributed by atoms with Crippen molar-refractivity contribution in [1.82, 2.24) is 4.31 Å². The van der Waals surface area contributed by atoms with Crippen molar-refractivity contribution in [2.75, 3.05) is 20.2 Å². The SMILES string of the molecule is COC1CCN(S(=O)(=O)c2ccccc2S(N)(=O)=O)CC1. The highest BCUT2D eigenvalue weighted by atomic mass is 32.2. The Hall–Kier alpha value is -1.00. The summed E-state index contributed by atoms with van der Waals surface area (Å²) in [6, 6.07) is 5.38. The van der Waals surface area contributed by atoms with Crippen LogP contribution in [-0.4, -0.2) is 47.4 Å². The number of ether oxygens (including phenoxy) is 1. The maximum Gasteiger partial charge on any atom is 0.244 e. The van der Waals surface area contributed by atoms with Gasteiger partial charge in [-0.2, -0.15) is 4.31 Å². The van der Waals surface area contributed by atoms with Crippen molar-refractivity contribution in [2.24, 2.45) is 5.14 Å². The number of nitrogens with two attached hydrogens (primary N) is 1. The Bertz CT molecular complexity index is 707. The lowest BCUT2D eigenvalue weighted by molar-refractivity contribution is 0.0604. The molecular weight excluding hydrogens is 316 g/mol. The number of benzene rings is 1. The van der Waals surface area contributed by atoms with Crippen molar-refractivity contribution in [3.63, 3.8) is 0 Å². The van der Waals surface area contributed by atoms with Crippen LogP contribution >= 0.6 is 0 Å². The molecule has 0 spiro atoms. The molecule has 7 nitrogen and oxygen atoms in total. The van der Waals surface area contributed by atoms with Crippen LogP contribution in [0.2, 0.25) is 0 Å². The van der Waals surface area contributed by atoms with Gasteiger partial charge in [-0.15, -0.1) is 0 Å². The number of primary sulfonamides is 1. The van der Waals surface area contributed by atoms with E-state index in [2.05, 4.69) is 0 Å². The fourth-order valence-corrected chi connectivity index (χ4v) is 5.17. The van der Waals surface area contributed by atoms with Gasteiger partial charge in [-0.25, -0.2) is 22.0 Å². The van der Waals surface area contributed by atoms with Gasteiger partial charge in [0.1, 0.15) is 9.79 Å². The van der Waals surface area contributed by atoms with Crippen molar-refractivity contribution in [1.29, 1.82) is 0 Å². The van der Waals surface area contributed by atoms with E-state index in [0.717, 1.165) is 0 Å². The van der Waals surface area contributed by atoms with Crippen molar-refractivity contribution in [2.45, 2.75) is 28.7 Å².